The van der Waals surface area contributed by atoms with Gasteiger partial charge in [-0.3, -0.25) is 4.79 Å². The van der Waals surface area contributed by atoms with E-state index in [4.69, 9.17) is 0 Å². The molecule has 1 aliphatic carbocycles. The highest BCUT2D eigenvalue weighted by atomic mass is 16.5. The van der Waals surface area contributed by atoms with Crippen molar-refractivity contribution in [1.29, 1.82) is 0 Å². The van der Waals surface area contributed by atoms with Crippen molar-refractivity contribution in [2.24, 2.45) is 5.41 Å². The third-order valence-electron chi connectivity index (χ3n) is 2.81. The second-order valence-corrected chi connectivity index (χ2v) is 3.92. The fraction of sp³-hybridized carbons (Fsp3) is 0.500. The van der Waals surface area contributed by atoms with Crippen molar-refractivity contribution in [3.05, 3.63) is 23.8 Å². The van der Waals surface area contributed by atoms with E-state index >= 15 is 0 Å². The molecule has 0 aromatic heterocycles. The number of aldehydes is 1. The van der Waals surface area contributed by atoms with Crippen LogP contribution in [0.4, 0.5) is 0 Å². The molecule has 0 radical (unpaired) electrons. The molecule has 0 saturated carbocycles. The minimum Gasteiger partial charge on any atom is -0.466 e. The summed E-state index contributed by atoms with van der Waals surface area (Å²) >= 11 is 0. The van der Waals surface area contributed by atoms with Crippen molar-refractivity contribution in [1.82, 2.24) is 0 Å². The molecule has 0 saturated heterocycles. The number of allylic oxidation sites excluding steroid dienone is 3. The number of hydrogen-bond donors (Lipinski definition) is 0. The average molecular weight is 208 g/mol. The molecule has 15 heavy (non-hydrogen) atoms. The molecule has 1 rings (SSSR count). The first-order chi connectivity index (χ1) is 7.14. The molecule has 0 aliphatic heterocycles. The highest BCUT2D eigenvalue weighted by Crippen LogP contribution is 2.37. The summed E-state index contributed by atoms with van der Waals surface area (Å²) in [6.45, 7) is 1.95. The predicted molar refractivity (Wildman–Crippen MR) is 57.3 cm³/mol. The summed E-state index contributed by atoms with van der Waals surface area (Å²) in [7, 11) is 1.33. The van der Waals surface area contributed by atoms with E-state index in [0.29, 0.717) is 11.9 Å². The van der Waals surface area contributed by atoms with E-state index in [0.717, 1.165) is 19.3 Å². The molecule has 0 spiro atoms. The van der Waals surface area contributed by atoms with Crippen LogP contribution in [0.1, 0.15) is 26.2 Å². The lowest BCUT2D eigenvalue weighted by Crippen LogP contribution is -2.25. The third kappa shape index (κ3) is 2.55. The molecule has 1 aliphatic rings. The number of methoxy groups -OCH3 is 1. The number of ether oxygens (including phenoxy) is 1. The molecule has 0 bridgehead atoms. The van der Waals surface area contributed by atoms with E-state index in [-0.39, 0.29) is 5.41 Å². The highest BCUT2D eigenvalue weighted by Gasteiger charge is 2.32. The van der Waals surface area contributed by atoms with Crippen LogP contribution in [0.15, 0.2) is 23.8 Å². The second kappa shape index (κ2) is 4.91. The Kier molecular flexibility index (Phi) is 3.83. The SMILES string of the molecule is COC(=O)C(=CC=O)C1(C)C=CCCC1. The summed E-state index contributed by atoms with van der Waals surface area (Å²) in [6, 6.07) is 0. The molecule has 0 aromatic carbocycles. The van der Waals surface area contributed by atoms with E-state index in [1.807, 2.05) is 19.1 Å². The van der Waals surface area contributed by atoms with Crippen LogP contribution in [0, 0.1) is 5.41 Å². The van der Waals surface area contributed by atoms with Gasteiger partial charge >= 0.3 is 5.97 Å². The Morgan fingerprint density at radius 3 is 2.73 bits per heavy atom. The molecular weight excluding hydrogens is 192 g/mol. The number of rotatable bonds is 3. The Bertz CT molecular complexity index is 315. The molecule has 0 aromatic rings. The largest absolute Gasteiger partial charge is 0.466 e. The van der Waals surface area contributed by atoms with Crippen molar-refractivity contribution in [3.63, 3.8) is 0 Å². The van der Waals surface area contributed by atoms with Crippen LogP contribution in [0.5, 0.6) is 0 Å². The van der Waals surface area contributed by atoms with E-state index in [2.05, 4.69) is 4.74 Å². The standard InChI is InChI=1S/C12H16O3/c1-12(7-4-3-5-8-12)10(6-9-13)11(14)15-2/h4,6-7,9H,3,5,8H2,1-2H3. The topological polar surface area (TPSA) is 43.4 Å². The van der Waals surface area contributed by atoms with Gasteiger partial charge in [0.1, 0.15) is 6.29 Å². The lowest BCUT2D eigenvalue weighted by Gasteiger charge is -2.29. The Morgan fingerprint density at radius 1 is 1.53 bits per heavy atom. The first-order valence-electron chi connectivity index (χ1n) is 5.06. The number of hydrogen-bond acceptors (Lipinski definition) is 3. The van der Waals surface area contributed by atoms with Gasteiger partial charge in [-0.2, -0.15) is 0 Å². The van der Waals surface area contributed by atoms with Crippen molar-refractivity contribution >= 4 is 12.3 Å². The summed E-state index contributed by atoms with van der Waals surface area (Å²) in [4.78, 5) is 22.0. The summed E-state index contributed by atoms with van der Waals surface area (Å²) in [5.74, 6) is -0.420. The first-order valence-corrected chi connectivity index (χ1v) is 5.06. The van der Waals surface area contributed by atoms with Gasteiger partial charge in [0.25, 0.3) is 0 Å². The second-order valence-electron chi connectivity index (χ2n) is 3.92. The van der Waals surface area contributed by atoms with Gasteiger partial charge in [0.15, 0.2) is 0 Å². The van der Waals surface area contributed by atoms with Crippen molar-refractivity contribution in [2.45, 2.75) is 26.2 Å². The normalized spacial score (nSPS) is 26.1. The average Bonchev–Trinajstić information content (AvgIpc) is 2.25. The lowest BCUT2D eigenvalue weighted by atomic mass is 9.74. The molecule has 3 nitrogen and oxygen atoms in total. The van der Waals surface area contributed by atoms with E-state index in [1.54, 1.807) is 0 Å². The fourth-order valence-corrected chi connectivity index (χ4v) is 1.91. The van der Waals surface area contributed by atoms with Gasteiger partial charge in [-0.15, -0.1) is 0 Å². The maximum absolute atomic E-state index is 11.5. The Hall–Kier alpha value is -1.38. The smallest absolute Gasteiger partial charge is 0.334 e. The Labute approximate surface area is 89.8 Å². The van der Waals surface area contributed by atoms with E-state index in [9.17, 15) is 9.59 Å². The number of esters is 1. The minimum absolute atomic E-state index is 0.355. The van der Waals surface area contributed by atoms with Crippen LogP contribution in [-0.4, -0.2) is 19.4 Å². The maximum Gasteiger partial charge on any atom is 0.334 e. The van der Waals surface area contributed by atoms with Gasteiger partial charge in [0.05, 0.1) is 12.7 Å². The van der Waals surface area contributed by atoms with Crippen LogP contribution in [-0.2, 0) is 14.3 Å². The van der Waals surface area contributed by atoms with Crippen LogP contribution in [0.25, 0.3) is 0 Å². The van der Waals surface area contributed by atoms with Crippen LogP contribution in [0.3, 0.4) is 0 Å². The monoisotopic (exact) mass is 208 g/mol. The predicted octanol–water partition coefficient (Wildman–Crippen LogP) is 2.03. The molecule has 0 fully saturated rings. The van der Waals surface area contributed by atoms with Gasteiger partial charge in [-0.1, -0.05) is 19.1 Å². The molecule has 82 valence electrons. The molecule has 1 unspecified atom stereocenters. The van der Waals surface area contributed by atoms with Crippen molar-refractivity contribution in [3.8, 4) is 0 Å². The fourth-order valence-electron chi connectivity index (χ4n) is 1.91. The Balaban J connectivity index is 3.03. The van der Waals surface area contributed by atoms with Gasteiger partial charge < -0.3 is 4.74 Å². The van der Waals surface area contributed by atoms with Gasteiger partial charge in [-0.25, -0.2) is 4.79 Å². The summed E-state index contributed by atoms with van der Waals surface area (Å²) in [5.41, 5.74) is 0.0858. The first kappa shape index (κ1) is 11.7. The van der Waals surface area contributed by atoms with Crippen LogP contribution in [0.2, 0.25) is 0 Å². The maximum atomic E-state index is 11.5. The van der Waals surface area contributed by atoms with Gasteiger partial charge in [0, 0.05) is 5.41 Å². The molecular formula is C12H16O3. The molecule has 1 atom stereocenters. The van der Waals surface area contributed by atoms with Crippen LogP contribution < -0.4 is 0 Å². The van der Waals surface area contributed by atoms with E-state index in [1.165, 1.54) is 13.2 Å². The van der Waals surface area contributed by atoms with Gasteiger partial charge in [0.2, 0.25) is 0 Å². The summed E-state index contributed by atoms with van der Waals surface area (Å²) in [5, 5.41) is 0. The van der Waals surface area contributed by atoms with Crippen molar-refractivity contribution < 1.29 is 14.3 Å². The molecule has 3 heteroatoms. The zero-order chi connectivity index (χ0) is 11.3. The zero-order valence-electron chi connectivity index (χ0n) is 9.16. The zero-order valence-corrected chi connectivity index (χ0v) is 9.16. The van der Waals surface area contributed by atoms with Crippen LogP contribution >= 0.6 is 0 Å². The van der Waals surface area contributed by atoms with Gasteiger partial charge in [-0.05, 0) is 25.3 Å². The summed E-state index contributed by atoms with van der Waals surface area (Å²) in [6.07, 6.45) is 8.92. The molecule has 0 amide bonds. The molecule has 0 heterocycles. The quantitative estimate of drug-likeness (QED) is 0.308. The third-order valence-corrected chi connectivity index (χ3v) is 2.81. The van der Waals surface area contributed by atoms with E-state index < -0.39 is 5.97 Å². The highest BCUT2D eigenvalue weighted by molar-refractivity contribution is 5.94. The number of carbonyl (C=O) groups is 2. The summed E-state index contributed by atoms with van der Waals surface area (Å²) < 4.78 is 4.68. The lowest BCUT2D eigenvalue weighted by molar-refractivity contribution is -0.137. The Morgan fingerprint density at radius 2 is 2.27 bits per heavy atom. The molecule has 0 N–H and O–H groups in total. The minimum atomic E-state index is -0.420. The number of carbonyl (C=O) groups excluding carboxylic acids is 2. The van der Waals surface area contributed by atoms with Crippen molar-refractivity contribution in [2.75, 3.05) is 7.11 Å².